The minimum absolute atomic E-state index is 0.206. The van der Waals surface area contributed by atoms with Gasteiger partial charge in [0.1, 0.15) is 5.82 Å². The number of rotatable bonds is 4. The molecule has 16 heavy (non-hydrogen) atoms. The number of nitrogens with zero attached hydrogens (tertiary/aromatic N) is 1. The number of nitrogen functional groups attached to an aromatic ring is 1. The van der Waals surface area contributed by atoms with Gasteiger partial charge in [0.2, 0.25) is 0 Å². The van der Waals surface area contributed by atoms with E-state index in [0.717, 1.165) is 6.54 Å². The lowest BCUT2D eigenvalue weighted by molar-refractivity contribution is 0.392. The summed E-state index contributed by atoms with van der Waals surface area (Å²) < 4.78 is 13.7. The van der Waals surface area contributed by atoms with Crippen LogP contribution in [0.3, 0.4) is 0 Å². The Bertz CT molecular complexity index is 368. The Morgan fingerprint density at radius 2 is 2.12 bits per heavy atom. The van der Waals surface area contributed by atoms with E-state index < -0.39 is 0 Å². The third kappa shape index (κ3) is 3.64. The van der Waals surface area contributed by atoms with Crippen molar-refractivity contribution >= 4 is 27.3 Å². The second kappa shape index (κ2) is 5.50. The smallest absolute Gasteiger partial charge is 0.139 e. The Labute approximate surface area is 104 Å². The third-order valence-corrected chi connectivity index (χ3v) is 2.74. The minimum Gasteiger partial charge on any atom is -0.397 e. The van der Waals surface area contributed by atoms with Gasteiger partial charge in [0.15, 0.2) is 0 Å². The summed E-state index contributed by atoms with van der Waals surface area (Å²) in [6.07, 6.45) is 0. The van der Waals surface area contributed by atoms with Crippen molar-refractivity contribution in [1.29, 1.82) is 0 Å². The first-order chi connectivity index (χ1) is 7.40. The molecule has 1 rings (SSSR count). The summed E-state index contributed by atoms with van der Waals surface area (Å²) >= 11 is 3.10. The van der Waals surface area contributed by atoms with Gasteiger partial charge in [-0.25, -0.2) is 4.39 Å². The number of anilines is 2. The molecule has 3 N–H and O–H groups in total. The van der Waals surface area contributed by atoms with E-state index in [1.54, 1.807) is 6.07 Å². The molecule has 90 valence electrons. The predicted molar refractivity (Wildman–Crippen MR) is 70.2 cm³/mol. The molecular weight excluding hydrogens is 273 g/mol. The molecule has 1 aromatic rings. The molecule has 1 aromatic carbocycles. The van der Waals surface area contributed by atoms with Gasteiger partial charge in [0.05, 0.1) is 15.8 Å². The van der Waals surface area contributed by atoms with E-state index in [0.29, 0.717) is 15.8 Å². The van der Waals surface area contributed by atoms with Crippen LogP contribution in [0.2, 0.25) is 0 Å². The van der Waals surface area contributed by atoms with Crippen LogP contribution in [0, 0.1) is 5.82 Å². The van der Waals surface area contributed by atoms with E-state index in [2.05, 4.69) is 26.1 Å². The number of halogens is 2. The summed E-state index contributed by atoms with van der Waals surface area (Å²) in [7, 11) is 3.98. The Hall–Kier alpha value is -0.810. The second-order valence-electron chi connectivity index (χ2n) is 4.16. The van der Waals surface area contributed by atoms with Crippen LogP contribution in [0.15, 0.2) is 16.6 Å². The Kier molecular flexibility index (Phi) is 4.56. The highest BCUT2D eigenvalue weighted by atomic mass is 79.9. The molecule has 1 unspecified atom stereocenters. The van der Waals surface area contributed by atoms with Crippen LogP contribution in [-0.4, -0.2) is 31.6 Å². The van der Waals surface area contributed by atoms with Crippen LogP contribution in [0.4, 0.5) is 15.8 Å². The lowest BCUT2D eigenvalue weighted by Gasteiger charge is -2.20. The summed E-state index contributed by atoms with van der Waals surface area (Å²) in [6, 6.07) is 3.18. The van der Waals surface area contributed by atoms with Crippen LogP contribution >= 0.6 is 15.9 Å². The molecule has 0 bridgehead atoms. The molecule has 3 nitrogen and oxygen atoms in total. The number of nitrogens with one attached hydrogen (secondary N) is 1. The van der Waals surface area contributed by atoms with E-state index in [1.807, 2.05) is 21.0 Å². The Balaban J connectivity index is 2.77. The zero-order valence-electron chi connectivity index (χ0n) is 9.72. The molecule has 0 spiro atoms. The lowest BCUT2D eigenvalue weighted by Crippen LogP contribution is -2.29. The number of hydrogen-bond acceptors (Lipinski definition) is 3. The van der Waals surface area contributed by atoms with Crippen molar-refractivity contribution in [1.82, 2.24) is 4.90 Å². The van der Waals surface area contributed by atoms with E-state index in [1.165, 1.54) is 6.07 Å². The summed E-state index contributed by atoms with van der Waals surface area (Å²) in [5.74, 6) is -0.311. The van der Waals surface area contributed by atoms with Gasteiger partial charge in [-0.05, 0) is 43.0 Å². The second-order valence-corrected chi connectivity index (χ2v) is 5.02. The molecular formula is C11H17BrFN3. The van der Waals surface area contributed by atoms with E-state index in [-0.39, 0.29) is 11.9 Å². The van der Waals surface area contributed by atoms with Crippen molar-refractivity contribution in [3.05, 3.63) is 22.4 Å². The molecule has 1 atom stereocenters. The van der Waals surface area contributed by atoms with E-state index in [4.69, 9.17) is 5.73 Å². The molecule has 0 aliphatic rings. The number of hydrogen-bond donors (Lipinski definition) is 2. The van der Waals surface area contributed by atoms with Crippen molar-refractivity contribution in [2.24, 2.45) is 0 Å². The molecule has 0 aliphatic heterocycles. The highest BCUT2D eigenvalue weighted by Crippen LogP contribution is 2.26. The quantitative estimate of drug-likeness (QED) is 0.837. The van der Waals surface area contributed by atoms with Gasteiger partial charge in [-0.3, -0.25) is 0 Å². The van der Waals surface area contributed by atoms with Crippen molar-refractivity contribution < 1.29 is 4.39 Å². The van der Waals surface area contributed by atoms with Crippen molar-refractivity contribution in [3.63, 3.8) is 0 Å². The average Bonchev–Trinajstić information content (AvgIpc) is 2.12. The SMILES string of the molecule is CC(CN(C)C)Nc1cc(F)c(Br)cc1N. The molecule has 0 heterocycles. The highest BCUT2D eigenvalue weighted by Gasteiger charge is 2.09. The zero-order chi connectivity index (χ0) is 12.3. The number of nitrogens with two attached hydrogens (primary N) is 1. The van der Waals surface area contributed by atoms with Gasteiger partial charge in [0.25, 0.3) is 0 Å². The van der Waals surface area contributed by atoms with Gasteiger partial charge in [-0.1, -0.05) is 0 Å². The fourth-order valence-corrected chi connectivity index (χ4v) is 1.91. The molecule has 0 amide bonds. The molecule has 0 aliphatic carbocycles. The number of benzene rings is 1. The van der Waals surface area contributed by atoms with Crippen LogP contribution < -0.4 is 11.1 Å². The van der Waals surface area contributed by atoms with Crippen molar-refractivity contribution in [2.75, 3.05) is 31.7 Å². The van der Waals surface area contributed by atoms with Crippen molar-refractivity contribution in [3.8, 4) is 0 Å². The molecule has 0 radical (unpaired) electrons. The Morgan fingerprint density at radius 3 is 2.69 bits per heavy atom. The first kappa shape index (κ1) is 13.3. The van der Waals surface area contributed by atoms with Crippen LogP contribution in [-0.2, 0) is 0 Å². The van der Waals surface area contributed by atoms with Gasteiger partial charge < -0.3 is 16.0 Å². The maximum absolute atomic E-state index is 13.3. The minimum atomic E-state index is -0.311. The standard InChI is InChI=1S/C11H17BrFN3/c1-7(6-16(2)3)15-11-5-9(13)8(12)4-10(11)14/h4-5,7,15H,6,14H2,1-3H3. The maximum Gasteiger partial charge on any atom is 0.139 e. The summed E-state index contributed by atoms with van der Waals surface area (Å²) in [5, 5.41) is 3.18. The molecule has 0 saturated carbocycles. The lowest BCUT2D eigenvalue weighted by atomic mass is 10.2. The topological polar surface area (TPSA) is 41.3 Å². The average molecular weight is 290 g/mol. The van der Waals surface area contributed by atoms with Crippen LogP contribution in [0.5, 0.6) is 0 Å². The summed E-state index contributed by atoms with van der Waals surface area (Å²) in [4.78, 5) is 2.06. The largest absolute Gasteiger partial charge is 0.397 e. The fourth-order valence-electron chi connectivity index (χ4n) is 1.55. The monoisotopic (exact) mass is 289 g/mol. The first-order valence-electron chi connectivity index (χ1n) is 5.06. The fraction of sp³-hybridized carbons (Fsp3) is 0.455. The van der Waals surface area contributed by atoms with Gasteiger partial charge in [0, 0.05) is 18.7 Å². The van der Waals surface area contributed by atoms with E-state index >= 15 is 0 Å². The molecule has 5 heteroatoms. The van der Waals surface area contributed by atoms with Crippen molar-refractivity contribution in [2.45, 2.75) is 13.0 Å². The first-order valence-corrected chi connectivity index (χ1v) is 5.85. The Morgan fingerprint density at radius 1 is 1.50 bits per heavy atom. The molecule has 0 saturated heterocycles. The van der Waals surface area contributed by atoms with Gasteiger partial charge in [-0.15, -0.1) is 0 Å². The van der Waals surface area contributed by atoms with Gasteiger partial charge in [-0.2, -0.15) is 0 Å². The summed E-state index contributed by atoms with van der Waals surface area (Å²) in [6.45, 7) is 2.89. The summed E-state index contributed by atoms with van der Waals surface area (Å²) in [5.41, 5.74) is 6.97. The molecule has 0 fully saturated rings. The normalized spacial score (nSPS) is 12.9. The maximum atomic E-state index is 13.3. The van der Waals surface area contributed by atoms with Gasteiger partial charge >= 0.3 is 0 Å². The number of likely N-dealkylation sites (N-methyl/N-ethyl adjacent to an activating group) is 1. The van der Waals surface area contributed by atoms with E-state index in [9.17, 15) is 4.39 Å². The van der Waals surface area contributed by atoms with Crippen LogP contribution in [0.25, 0.3) is 0 Å². The third-order valence-electron chi connectivity index (χ3n) is 2.13. The molecule has 0 aromatic heterocycles. The predicted octanol–water partition coefficient (Wildman–Crippen LogP) is 2.53. The highest BCUT2D eigenvalue weighted by molar-refractivity contribution is 9.10. The van der Waals surface area contributed by atoms with Crippen LogP contribution in [0.1, 0.15) is 6.92 Å². The zero-order valence-corrected chi connectivity index (χ0v) is 11.3.